The summed E-state index contributed by atoms with van der Waals surface area (Å²) in [5, 5.41) is 0. The molecule has 0 aromatic rings. The summed E-state index contributed by atoms with van der Waals surface area (Å²) in [5.41, 5.74) is 1.43. The smallest absolute Gasteiger partial charge is 0.0292 e. The largest absolute Gasteiger partial charge is 0.0999 e. The van der Waals surface area contributed by atoms with E-state index in [-0.39, 0.29) is 0 Å². The van der Waals surface area contributed by atoms with Gasteiger partial charge in [0.1, 0.15) is 0 Å². The Hall–Kier alpha value is -0.260. The number of hydrogen-bond acceptors (Lipinski definition) is 0. The first-order chi connectivity index (χ1) is 4.24. The van der Waals surface area contributed by atoms with Gasteiger partial charge in [0.05, 0.1) is 0 Å². The van der Waals surface area contributed by atoms with Crippen LogP contribution in [0.4, 0.5) is 0 Å². The molecule has 1 aliphatic rings. The zero-order valence-electron chi connectivity index (χ0n) is 6.48. The zero-order chi connectivity index (χ0) is 6.85. The average Bonchev–Trinajstić information content (AvgIpc) is 2.47. The van der Waals surface area contributed by atoms with Crippen molar-refractivity contribution >= 4 is 0 Å². The molecule has 52 valence electrons. The normalized spacial score (nSPS) is 32.2. The van der Waals surface area contributed by atoms with E-state index in [0.29, 0.717) is 0 Å². The van der Waals surface area contributed by atoms with Crippen LogP contribution >= 0.6 is 0 Å². The van der Waals surface area contributed by atoms with Crippen LogP contribution in [-0.2, 0) is 0 Å². The van der Waals surface area contributed by atoms with Gasteiger partial charge in [-0.1, -0.05) is 26.0 Å². The molecule has 0 bridgehead atoms. The van der Waals surface area contributed by atoms with Crippen molar-refractivity contribution in [3.05, 3.63) is 12.2 Å². The van der Waals surface area contributed by atoms with Crippen LogP contribution in [0, 0.1) is 11.8 Å². The molecule has 0 nitrogen and oxygen atoms in total. The maximum absolute atomic E-state index is 3.99. The Bertz CT molecular complexity index is 113. The second kappa shape index (κ2) is 2.55. The van der Waals surface area contributed by atoms with Crippen molar-refractivity contribution in [3.63, 3.8) is 0 Å². The standard InChI is InChI=1S/C9H16/c1-4-7(2)5-9-6-8(9)3/h8-9H,2,4-6H2,1,3H3. The van der Waals surface area contributed by atoms with Crippen molar-refractivity contribution in [1.82, 2.24) is 0 Å². The van der Waals surface area contributed by atoms with Crippen molar-refractivity contribution < 1.29 is 0 Å². The highest BCUT2D eigenvalue weighted by atomic mass is 14.4. The number of rotatable bonds is 3. The van der Waals surface area contributed by atoms with Crippen molar-refractivity contribution in [1.29, 1.82) is 0 Å². The molecule has 0 radical (unpaired) electrons. The minimum atomic E-state index is 0.994. The van der Waals surface area contributed by atoms with E-state index in [1.807, 2.05) is 0 Å². The van der Waals surface area contributed by atoms with E-state index in [0.717, 1.165) is 11.8 Å². The molecule has 0 aliphatic heterocycles. The Morgan fingerprint density at radius 3 is 2.56 bits per heavy atom. The van der Waals surface area contributed by atoms with Gasteiger partial charge in [0.25, 0.3) is 0 Å². The van der Waals surface area contributed by atoms with E-state index in [1.165, 1.54) is 24.8 Å². The van der Waals surface area contributed by atoms with Crippen LogP contribution in [0.15, 0.2) is 12.2 Å². The second-order valence-electron chi connectivity index (χ2n) is 3.28. The van der Waals surface area contributed by atoms with E-state index < -0.39 is 0 Å². The Kier molecular flexibility index (Phi) is 1.94. The summed E-state index contributed by atoms with van der Waals surface area (Å²) in [4.78, 5) is 0. The number of hydrogen-bond donors (Lipinski definition) is 0. The van der Waals surface area contributed by atoms with E-state index in [9.17, 15) is 0 Å². The van der Waals surface area contributed by atoms with Gasteiger partial charge in [-0.2, -0.15) is 0 Å². The van der Waals surface area contributed by atoms with Crippen LogP contribution in [-0.4, -0.2) is 0 Å². The third-order valence-electron chi connectivity index (χ3n) is 2.33. The van der Waals surface area contributed by atoms with Gasteiger partial charge in [-0.15, -0.1) is 0 Å². The van der Waals surface area contributed by atoms with Crippen LogP contribution in [0.3, 0.4) is 0 Å². The highest BCUT2D eigenvalue weighted by Gasteiger charge is 2.31. The lowest BCUT2D eigenvalue weighted by molar-refractivity contribution is 0.725. The van der Waals surface area contributed by atoms with Crippen LogP contribution in [0.25, 0.3) is 0 Å². The lowest BCUT2D eigenvalue weighted by Gasteiger charge is -1.97. The fourth-order valence-electron chi connectivity index (χ4n) is 1.20. The molecule has 1 saturated carbocycles. The van der Waals surface area contributed by atoms with E-state index in [2.05, 4.69) is 20.4 Å². The van der Waals surface area contributed by atoms with Gasteiger partial charge in [-0.05, 0) is 31.1 Å². The summed E-state index contributed by atoms with van der Waals surface area (Å²) in [7, 11) is 0. The fraction of sp³-hybridized carbons (Fsp3) is 0.778. The summed E-state index contributed by atoms with van der Waals surface area (Å²) in [6, 6.07) is 0. The quantitative estimate of drug-likeness (QED) is 0.507. The summed E-state index contributed by atoms with van der Waals surface area (Å²) < 4.78 is 0. The lowest BCUT2D eigenvalue weighted by Crippen LogP contribution is -1.82. The van der Waals surface area contributed by atoms with Crippen molar-refractivity contribution in [2.24, 2.45) is 11.8 Å². The summed E-state index contributed by atoms with van der Waals surface area (Å²) in [6.07, 6.45) is 3.90. The van der Waals surface area contributed by atoms with Crippen LogP contribution in [0.1, 0.15) is 33.1 Å². The Labute approximate surface area is 58.0 Å². The van der Waals surface area contributed by atoms with Crippen LogP contribution in [0.5, 0.6) is 0 Å². The predicted molar refractivity (Wildman–Crippen MR) is 41.3 cm³/mol. The van der Waals surface area contributed by atoms with Gasteiger partial charge in [0.2, 0.25) is 0 Å². The molecule has 0 spiro atoms. The molecule has 1 aliphatic carbocycles. The molecular formula is C9H16. The van der Waals surface area contributed by atoms with Crippen molar-refractivity contribution in [3.8, 4) is 0 Å². The topological polar surface area (TPSA) is 0 Å². The first kappa shape index (κ1) is 6.85. The molecule has 2 atom stereocenters. The first-order valence-corrected chi connectivity index (χ1v) is 3.90. The maximum Gasteiger partial charge on any atom is -0.0292 e. The third-order valence-corrected chi connectivity index (χ3v) is 2.33. The minimum absolute atomic E-state index is 0.994. The first-order valence-electron chi connectivity index (χ1n) is 3.90. The van der Waals surface area contributed by atoms with Crippen LogP contribution < -0.4 is 0 Å². The Balaban J connectivity index is 2.12. The predicted octanol–water partition coefficient (Wildman–Crippen LogP) is 3.00. The molecule has 0 heterocycles. The van der Waals surface area contributed by atoms with Crippen LogP contribution in [0.2, 0.25) is 0 Å². The maximum atomic E-state index is 3.99. The lowest BCUT2D eigenvalue weighted by atomic mass is 10.1. The molecule has 0 heteroatoms. The minimum Gasteiger partial charge on any atom is -0.0999 e. The Morgan fingerprint density at radius 2 is 2.22 bits per heavy atom. The third kappa shape index (κ3) is 1.85. The van der Waals surface area contributed by atoms with E-state index >= 15 is 0 Å². The SMILES string of the molecule is C=C(CC)CC1CC1C. The van der Waals surface area contributed by atoms with Gasteiger partial charge in [0.15, 0.2) is 0 Å². The highest BCUT2D eigenvalue weighted by molar-refractivity contribution is 4.99. The molecule has 9 heavy (non-hydrogen) atoms. The molecule has 0 saturated heterocycles. The van der Waals surface area contributed by atoms with Gasteiger partial charge in [-0.3, -0.25) is 0 Å². The van der Waals surface area contributed by atoms with E-state index in [4.69, 9.17) is 0 Å². The van der Waals surface area contributed by atoms with Crippen molar-refractivity contribution in [2.75, 3.05) is 0 Å². The van der Waals surface area contributed by atoms with Gasteiger partial charge >= 0.3 is 0 Å². The van der Waals surface area contributed by atoms with Crippen molar-refractivity contribution in [2.45, 2.75) is 33.1 Å². The highest BCUT2D eigenvalue weighted by Crippen LogP contribution is 2.42. The Morgan fingerprint density at radius 1 is 1.67 bits per heavy atom. The molecule has 0 N–H and O–H groups in total. The molecule has 0 aromatic carbocycles. The molecule has 0 aromatic heterocycles. The second-order valence-corrected chi connectivity index (χ2v) is 3.28. The summed E-state index contributed by atoms with van der Waals surface area (Å²) in [6.45, 7) is 8.50. The van der Waals surface area contributed by atoms with Gasteiger partial charge in [-0.25, -0.2) is 0 Å². The number of allylic oxidation sites excluding steroid dienone is 1. The monoisotopic (exact) mass is 124 g/mol. The molecule has 0 amide bonds. The molecular weight excluding hydrogens is 108 g/mol. The summed E-state index contributed by atoms with van der Waals surface area (Å²) >= 11 is 0. The van der Waals surface area contributed by atoms with Gasteiger partial charge < -0.3 is 0 Å². The van der Waals surface area contributed by atoms with Gasteiger partial charge in [0, 0.05) is 0 Å². The molecule has 1 fully saturated rings. The summed E-state index contributed by atoms with van der Waals surface area (Å²) in [5.74, 6) is 1.99. The fourth-order valence-corrected chi connectivity index (χ4v) is 1.20. The molecule has 1 rings (SSSR count). The zero-order valence-corrected chi connectivity index (χ0v) is 6.48. The van der Waals surface area contributed by atoms with E-state index in [1.54, 1.807) is 0 Å². The molecule has 2 unspecified atom stereocenters. The average molecular weight is 124 g/mol.